The van der Waals surface area contributed by atoms with E-state index in [-0.39, 0.29) is 5.91 Å². The first kappa shape index (κ1) is 11.7. The van der Waals surface area contributed by atoms with E-state index in [0.29, 0.717) is 18.4 Å². The maximum Gasteiger partial charge on any atom is 0.228 e. The summed E-state index contributed by atoms with van der Waals surface area (Å²) in [5.41, 5.74) is 3.32. The van der Waals surface area contributed by atoms with Crippen molar-refractivity contribution in [2.24, 2.45) is 5.92 Å². The monoisotopic (exact) mass is 246 g/mol. The molecule has 4 nitrogen and oxygen atoms in total. The van der Waals surface area contributed by atoms with Crippen LogP contribution >= 0.6 is 0 Å². The number of fused-ring (bicyclic) bond motifs is 1. The van der Waals surface area contributed by atoms with Crippen LogP contribution in [0.15, 0.2) is 18.2 Å². The molecule has 1 saturated heterocycles. The van der Waals surface area contributed by atoms with E-state index in [4.69, 9.17) is 4.74 Å². The fraction of sp³-hybridized carbons (Fsp3) is 0.500. The van der Waals surface area contributed by atoms with Crippen molar-refractivity contribution >= 4 is 11.6 Å². The minimum atomic E-state index is 0.0901. The van der Waals surface area contributed by atoms with Crippen LogP contribution in [0.1, 0.15) is 23.6 Å². The Labute approximate surface area is 107 Å². The predicted molar refractivity (Wildman–Crippen MR) is 69.5 cm³/mol. The van der Waals surface area contributed by atoms with Gasteiger partial charge in [0.1, 0.15) is 0 Å². The van der Waals surface area contributed by atoms with Gasteiger partial charge in [0.15, 0.2) is 0 Å². The fourth-order valence-electron chi connectivity index (χ4n) is 2.93. The third kappa shape index (κ3) is 2.02. The molecular weight excluding hydrogens is 228 g/mol. The Balaban J connectivity index is 1.87. The lowest BCUT2D eigenvalue weighted by Gasteiger charge is -2.22. The van der Waals surface area contributed by atoms with Crippen molar-refractivity contribution in [1.82, 2.24) is 5.32 Å². The molecule has 0 radical (unpaired) electrons. The fourth-order valence-corrected chi connectivity index (χ4v) is 2.93. The van der Waals surface area contributed by atoms with Crippen molar-refractivity contribution in [2.45, 2.75) is 18.9 Å². The Hall–Kier alpha value is -1.39. The molecule has 2 aliphatic rings. The highest BCUT2D eigenvalue weighted by atomic mass is 16.5. The lowest BCUT2D eigenvalue weighted by Crippen LogP contribution is -2.25. The van der Waals surface area contributed by atoms with Crippen LogP contribution in [0.2, 0.25) is 0 Å². The van der Waals surface area contributed by atoms with E-state index in [2.05, 4.69) is 22.8 Å². The highest BCUT2D eigenvalue weighted by molar-refractivity contribution is 5.99. The second kappa shape index (κ2) is 4.71. The van der Waals surface area contributed by atoms with Gasteiger partial charge in [-0.15, -0.1) is 0 Å². The summed E-state index contributed by atoms with van der Waals surface area (Å²) >= 11 is 0. The second-order valence-electron chi connectivity index (χ2n) is 5.03. The molecule has 18 heavy (non-hydrogen) atoms. The van der Waals surface area contributed by atoms with Crippen LogP contribution in [0, 0.1) is 5.92 Å². The molecule has 0 aromatic heterocycles. The molecule has 2 N–H and O–H groups in total. The van der Waals surface area contributed by atoms with Crippen molar-refractivity contribution in [3.63, 3.8) is 0 Å². The minimum absolute atomic E-state index is 0.0901. The molecule has 2 heterocycles. The second-order valence-corrected chi connectivity index (χ2v) is 5.03. The summed E-state index contributed by atoms with van der Waals surface area (Å²) in [4.78, 5) is 11.4. The van der Waals surface area contributed by atoms with Gasteiger partial charge in [0.2, 0.25) is 5.91 Å². The van der Waals surface area contributed by atoms with Gasteiger partial charge in [-0.3, -0.25) is 4.79 Å². The lowest BCUT2D eigenvalue weighted by molar-refractivity contribution is -0.115. The number of carbonyl (C=O) groups excluding carboxylic acids is 1. The van der Waals surface area contributed by atoms with Gasteiger partial charge in [0.05, 0.1) is 13.0 Å². The molecule has 3 rings (SSSR count). The number of benzene rings is 1. The van der Waals surface area contributed by atoms with Crippen molar-refractivity contribution < 1.29 is 9.53 Å². The summed E-state index contributed by atoms with van der Waals surface area (Å²) in [7, 11) is 1.99. The number of rotatable bonds is 3. The minimum Gasteiger partial charge on any atom is -0.381 e. The molecule has 2 unspecified atom stereocenters. The molecule has 2 aliphatic heterocycles. The van der Waals surface area contributed by atoms with Crippen molar-refractivity contribution in [1.29, 1.82) is 0 Å². The zero-order valence-electron chi connectivity index (χ0n) is 10.5. The first-order chi connectivity index (χ1) is 8.78. The van der Waals surface area contributed by atoms with Crippen LogP contribution in [0.4, 0.5) is 5.69 Å². The van der Waals surface area contributed by atoms with Gasteiger partial charge in [0.25, 0.3) is 0 Å². The molecule has 1 aromatic carbocycles. The molecule has 0 spiro atoms. The van der Waals surface area contributed by atoms with Gasteiger partial charge in [-0.05, 0) is 30.7 Å². The van der Waals surface area contributed by atoms with Gasteiger partial charge in [-0.2, -0.15) is 0 Å². The third-order valence-corrected chi connectivity index (χ3v) is 3.86. The Morgan fingerprint density at radius 1 is 1.50 bits per heavy atom. The van der Waals surface area contributed by atoms with E-state index in [9.17, 15) is 4.79 Å². The van der Waals surface area contributed by atoms with E-state index in [1.165, 1.54) is 5.56 Å². The van der Waals surface area contributed by atoms with Crippen LogP contribution in [0.25, 0.3) is 0 Å². The topological polar surface area (TPSA) is 50.4 Å². The van der Waals surface area contributed by atoms with Gasteiger partial charge in [-0.25, -0.2) is 0 Å². The molecule has 0 aliphatic carbocycles. The third-order valence-electron chi connectivity index (χ3n) is 3.86. The number of amides is 1. The summed E-state index contributed by atoms with van der Waals surface area (Å²) < 4.78 is 5.46. The summed E-state index contributed by atoms with van der Waals surface area (Å²) in [6, 6.07) is 6.57. The summed E-state index contributed by atoms with van der Waals surface area (Å²) in [6.45, 7) is 1.67. The van der Waals surface area contributed by atoms with Crippen LogP contribution in [-0.2, 0) is 16.0 Å². The van der Waals surface area contributed by atoms with Crippen LogP contribution in [0.5, 0.6) is 0 Å². The first-order valence-electron chi connectivity index (χ1n) is 6.45. The van der Waals surface area contributed by atoms with Crippen LogP contribution in [-0.4, -0.2) is 26.2 Å². The van der Waals surface area contributed by atoms with Crippen LogP contribution in [0.3, 0.4) is 0 Å². The van der Waals surface area contributed by atoms with Gasteiger partial charge >= 0.3 is 0 Å². The number of hydrogen-bond acceptors (Lipinski definition) is 3. The molecule has 2 atom stereocenters. The number of hydrogen-bond donors (Lipinski definition) is 2. The molecule has 4 heteroatoms. The number of ether oxygens (including phenoxy) is 1. The zero-order chi connectivity index (χ0) is 12.5. The Bertz CT molecular complexity index is 467. The quantitative estimate of drug-likeness (QED) is 0.849. The lowest BCUT2D eigenvalue weighted by atomic mass is 9.91. The average molecular weight is 246 g/mol. The van der Waals surface area contributed by atoms with Crippen LogP contribution < -0.4 is 10.6 Å². The summed E-state index contributed by atoms with van der Waals surface area (Å²) in [6.07, 6.45) is 1.60. The molecule has 0 bridgehead atoms. The van der Waals surface area contributed by atoms with Gasteiger partial charge < -0.3 is 15.4 Å². The van der Waals surface area contributed by atoms with E-state index in [1.54, 1.807) is 0 Å². The predicted octanol–water partition coefficient (Wildman–Crippen LogP) is 1.48. The Kier molecular flexibility index (Phi) is 3.06. The van der Waals surface area contributed by atoms with Crippen molar-refractivity contribution in [3.8, 4) is 0 Å². The average Bonchev–Trinajstić information content (AvgIpc) is 2.97. The van der Waals surface area contributed by atoms with E-state index >= 15 is 0 Å². The van der Waals surface area contributed by atoms with Gasteiger partial charge in [-0.1, -0.05) is 12.1 Å². The number of carbonyl (C=O) groups is 1. The Morgan fingerprint density at radius 3 is 3.11 bits per heavy atom. The highest BCUT2D eigenvalue weighted by Gasteiger charge is 2.27. The largest absolute Gasteiger partial charge is 0.381 e. The molecule has 1 aromatic rings. The van der Waals surface area contributed by atoms with Crippen molar-refractivity contribution in [3.05, 3.63) is 29.3 Å². The standard InChI is InChI=1S/C14H18N2O2/c1-15-14(10-4-5-18-8-10)9-2-3-12-11(6-9)7-13(17)16-12/h2-3,6,10,14-15H,4-5,7-8H2,1H3,(H,16,17). The maximum atomic E-state index is 11.4. The van der Waals surface area contributed by atoms with E-state index < -0.39 is 0 Å². The molecule has 96 valence electrons. The zero-order valence-corrected chi connectivity index (χ0v) is 10.5. The highest BCUT2D eigenvalue weighted by Crippen LogP contribution is 2.32. The molecular formula is C14H18N2O2. The Morgan fingerprint density at radius 2 is 2.39 bits per heavy atom. The normalized spacial score (nSPS) is 23.8. The van der Waals surface area contributed by atoms with E-state index in [1.807, 2.05) is 13.1 Å². The SMILES string of the molecule is CNC(c1ccc2c(c1)CC(=O)N2)C1CCOC1. The molecule has 0 saturated carbocycles. The summed E-state index contributed by atoms with van der Waals surface area (Å²) in [5.74, 6) is 0.616. The van der Waals surface area contributed by atoms with Crippen molar-refractivity contribution in [2.75, 3.05) is 25.6 Å². The molecule has 1 amide bonds. The maximum absolute atomic E-state index is 11.4. The van der Waals surface area contributed by atoms with Gasteiger partial charge in [0, 0.05) is 24.3 Å². The smallest absolute Gasteiger partial charge is 0.228 e. The van der Waals surface area contributed by atoms with E-state index in [0.717, 1.165) is 30.9 Å². The molecule has 1 fully saturated rings. The number of anilines is 1. The summed E-state index contributed by atoms with van der Waals surface area (Å²) in [5, 5.41) is 6.24. The number of nitrogens with one attached hydrogen (secondary N) is 2. The first-order valence-corrected chi connectivity index (χ1v) is 6.45.